The summed E-state index contributed by atoms with van der Waals surface area (Å²) in [6, 6.07) is 4.80. The van der Waals surface area contributed by atoms with Gasteiger partial charge in [0.2, 0.25) is 5.91 Å². The predicted octanol–water partition coefficient (Wildman–Crippen LogP) is 3.04. The van der Waals surface area contributed by atoms with Crippen LogP contribution in [0, 0.1) is 0 Å². The molecule has 0 saturated carbocycles. The molecule has 2 N–H and O–H groups in total. The fourth-order valence-corrected chi connectivity index (χ4v) is 3.65. The van der Waals surface area contributed by atoms with Gasteiger partial charge in [-0.25, -0.2) is 4.79 Å². The molecule has 3 atom stereocenters. The maximum absolute atomic E-state index is 12.9. The quantitative estimate of drug-likeness (QED) is 0.780. The molecule has 27 heavy (non-hydrogen) atoms. The summed E-state index contributed by atoms with van der Waals surface area (Å²) in [5, 5.41) is 4.06. The Labute approximate surface area is 162 Å². The summed E-state index contributed by atoms with van der Waals surface area (Å²) in [7, 11) is 1.30. The summed E-state index contributed by atoms with van der Waals surface area (Å²) in [6.07, 6.45) is 0.114. The van der Waals surface area contributed by atoms with E-state index in [4.69, 9.17) is 21.1 Å². The Bertz CT molecular complexity index is 856. The summed E-state index contributed by atoms with van der Waals surface area (Å²) < 4.78 is 10.6. The van der Waals surface area contributed by atoms with Gasteiger partial charge in [0.25, 0.3) is 0 Å². The molecule has 2 aromatic rings. The van der Waals surface area contributed by atoms with Crippen molar-refractivity contribution in [1.29, 1.82) is 0 Å². The Morgan fingerprint density at radius 2 is 2.00 bits per heavy atom. The van der Waals surface area contributed by atoms with Gasteiger partial charge in [-0.1, -0.05) is 11.6 Å². The van der Waals surface area contributed by atoms with Crippen LogP contribution in [-0.2, 0) is 14.3 Å². The number of morpholine rings is 1. The number of hydrogen-bond donors (Lipinski definition) is 2. The van der Waals surface area contributed by atoms with Gasteiger partial charge >= 0.3 is 5.97 Å². The first kappa shape index (κ1) is 19.7. The zero-order valence-electron chi connectivity index (χ0n) is 15.8. The van der Waals surface area contributed by atoms with Crippen LogP contribution >= 0.6 is 11.6 Å². The second kappa shape index (κ2) is 7.88. The molecular weight excluding hydrogens is 370 g/mol. The summed E-state index contributed by atoms with van der Waals surface area (Å²) >= 11 is 6.10. The van der Waals surface area contributed by atoms with E-state index in [9.17, 15) is 9.59 Å². The number of hydrogen-bond acceptors (Lipinski definition) is 5. The van der Waals surface area contributed by atoms with Crippen LogP contribution < -0.4 is 5.32 Å². The van der Waals surface area contributed by atoms with Gasteiger partial charge in [0.05, 0.1) is 31.0 Å². The SMILES string of the molecule is COC(=O)c1[nH]c2ccc(Cl)cc2c1NC(=O)[C@H](C)N1C[C@@H](C)O[C@H](C)C1. The number of rotatable bonds is 4. The first-order valence-electron chi connectivity index (χ1n) is 8.90. The van der Waals surface area contributed by atoms with E-state index in [1.165, 1.54) is 7.11 Å². The second-order valence-electron chi connectivity index (χ2n) is 6.93. The van der Waals surface area contributed by atoms with Crippen LogP contribution in [0.15, 0.2) is 18.2 Å². The van der Waals surface area contributed by atoms with E-state index in [-0.39, 0.29) is 29.9 Å². The van der Waals surface area contributed by atoms with Crippen LogP contribution in [0.4, 0.5) is 5.69 Å². The molecule has 7 nitrogen and oxygen atoms in total. The number of esters is 1. The number of nitrogens with zero attached hydrogens (tertiary/aromatic N) is 1. The van der Waals surface area contributed by atoms with Crippen molar-refractivity contribution < 1.29 is 19.1 Å². The zero-order chi connectivity index (χ0) is 19.7. The number of methoxy groups -OCH3 is 1. The molecule has 0 bridgehead atoms. The van der Waals surface area contributed by atoms with Crippen LogP contribution in [-0.4, -0.2) is 60.2 Å². The van der Waals surface area contributed by atoms with Crippen LogP contribution in [0.25, 0.3) is 10.9 Å². The number of amides is 1. The Hall–Kier alpha value is -2.09. The number of H-pyrrole nitrogens is 1. The molecule has 8 heteroatoms. The van der Waals surface area contributed by atoms with Gasteiger partial charge in [-0.3, -0.25) is 9.69 Å². The van der Waals surface area contributed by atoms with Gasteiger partial charge in [-0.15, -0.1) is 0 Å². The summed E-state index contributed by atoms with van der Waals surface area (Å²) in [5.74, 6) is -0.763. The highest BCUT2D eigenvalue weighted by Gasteiger charge is 2.30. The normalized spacial score (nSPS) is 21.8. The zero-order valence-corrected chi connectivity index (χ0v) is 16.6. The minimum absolute atomic E-state index is 0.0570. The highest BCUT2D eigenvalue weighted by molar-refractivity contribution is 6.31. The van der Waals surface area contributed by atoms with E-state index < -0.39 is 5.97 Å². The maximum Gasteiger partial charge on any atom is 0.356 e. The molecule has 1 aromatic carbocycles. The third-order valence-corrected chi connectivity index (χ3v) is 5.01. The molecule has 1 aromatic heterocycles. The molecule has 0 unspecified atom stereocenters. The van der Waals surface area contributed by atoms with Gasteiger partial charge < -0.3 is 19.8 Å². The monoisotopic (exact) mass is 393 g/mol. The fourth-order valence-electron chi connectivity index (χ4n) is 3.48. The van der Waals surface area contributed by atoms with Crippen molar-refractivity contribution in [2.75, 3.05) is 25.5 Å². The lowest BCUT2D eigenvalue weighted by Crippen LogP contribution is -2.52. The number of ether oxygens (including phenoxy) is 2. The summed E-state index contributed by atoms with van der Waals surface area (Å²) in [6.45, 7) is 7.17. The first-order valence-corrected chi connectivity index (χ1v) is 9.27. The molecule has 1 amide bonds. The number of halogens is 1. The highest BCUT2D eigenvalue weighted by Crippen LogP contribution is 2.31. The first-order chi connectivity index (χ1) is 12.8. The van der Waals surface area contributed by atoms with Crippen molar-refractivity contribution in [3.05, 3.63) is 28.9 Å². The smallest absolute Gasteiger partial charge is 0.356 e. The van der Waals surface area contributed by atoms with Crippen molar-refractivity contribution in [2.24, 2.45) is 0 Å². The number of benzene rings is 1. The summed E-state index contributed by atoms with van der Waals surface area (Å²) in [4.78, 5) is 30.2. The molecule has 0 spiro atoms. The molecule has 3 rings (SSSR count). The molecule has 1 saturated heterocycles. The Kier molecular flexibility index (Phi) is 5.74. The number of aromatic nitrogens is 1. The molecule has 146 valence electrons. The Balaban J connectivity index is 1.89. The average Bonchev–Trinajstić information content (AvgIpc) is 2.97. The lowest BCUT2D eigenvalue weighted by molar-refractivity contribution is -0.126. The van der Waals surface area contributed by atoms with E-state index in [0.717, 1.165) is 0 Å². The van der Waals surface area contributed by atoms with Crippen molar-refractivity contribution in [3.8, 4) is 0 Å². The van der Waals surface area contributed by atoms with Crippen molar-refractivity contribution in [1.82, 2.24) is 9.88 Å². The van der Waals surface area contributed by atoms with Crippen molar-refractivity contribution in [3.63, 3.8) is 0 Å². The number of nitrogens with one attached hydrogen (secondary N) is 2. The van der Waals surface area contributed by atoms with E-state index in [1.807, 2.05) is 20.8 Å². The Morgan fingerprint density at radius 3 is 2.63 bits per heavy atom. The minimum Gasteiger partial charge on any atom is -0.464 e. The predicted molar refractivity (Wildman–Crippen MR) is 104 cm³/mol. The fraction of sp³-hybridized carbons (Fsp3) is 0.474. The molecular formula is C19H24ClN3O4. The van der Waals surface area contributed by atoms with Crippen LogP contribution in [0.1, 0.15) is 31.3 Å². The minimum atomic E-state index is -0.557. The molecule has 0 radical (unpaired) electrons. The van der Waals surface area contributed by atoms with E-state index in [2.05, 4.69) is 15.2 Å². The third-order valence-electron chi connectivity index (χ3n) is 4.77. The average molecular weight is 394 g/mol. The van der Waals surface area contributed by atoms with E-state index >= 15 is 0 Å². The van der Waals surface area contributed by atoms with Gasteiger partial charge in [-0.2, -0.15) is 0 Å². The van der Waals surface area contributed by atoms with Gasteiger partial charge in [0.1, 0.15) is 5.69 Å². The number of fused-ring (bicyclic) bond motifs is 1. The van der Waals surface area contributed by atoms with Crippen LogP contribution in [0.5, 0.6) is 0 Å². The molecule has 1 aliphatic heterocycles. The second-order valence-corrected chi connectivity index (χ2v) is 7.37. The highest BCUT2D eigenvalue weighted by atomic mass is 35.5. The number of aromatic amines is 1. The lowest BCUT2D eigenvalue weighted by atomic mass is 10.1. The number of carbonyl (C=O) groups is 2. The maximum atomic E-state index is 12.9. The largest absolute Gasteiger partial charge is 0.464 e. The van der Waals surface area contributed by atoms with Crippen LogP contribution in [0.3, 0.4) is 0 Å². The van der Waals surface area contributed by atoms with E-state index in [1.54, 1.807) is 18.2 Å². The summed E-state index contributed by atoms with van der Waals surface area (Å²) in [5.41, 5.74) is 1.26. The van der Waals surface area contributed by atoms with Crippen molar-refractivity contribution in [2.45, 2.75) is 39.0 Å². The van der Waals surface area contributed by atoms with Crippen LogP contribution in [0.2, 0.25) is 5.02 Å². The van der Waals surface area contributed by atoms with Gasteiger partial charge in [-0.05, 0) is 39.0 Å². The van der Waals surface area contributed by atoms with Gasteiger partial charge in [0, 0.05) is 29.0 Å². The molecule has 2 heterocycles. The molecule has 0 aliphatic carbocycles. The lowest BCUT2D eigenvalue weighted by Gasteiger charge is -2.38. The topological polar surface area (TPSA) is 83.7 Å². The number of carbonyl (C=O) groups excluding carboxylic acids is 2. The van der Waals surface area contributed by atoms with Crippen molar-refractivity contribution >= 4 is 40.1 Å². The Morgan fingerprint density at radius 1 is 1.33 bits per heavy atom. The standard InChI is InChI=1S/C19H24ClN3O4/c1-10-8-23(9-11(2)27-10)12(3)18(24)22-16-14-7-13(20)5-6-15(14)21-17(16)19(25)26-4/h5-7,10-12,21H,8-9H2,1-4H3,(H,22,24)/t10-,11-,12+/m1/s1. The van der Waals surface area contributed by atoms with E-state index in [0.29, 0.717) is 34.7 Å². The van der Waals surface area contributed by atoms with Gasteiger partial charge in [0.15, 0.2) is 0 Å². The third kappa shape index (κ3) is 4.10. The molecule has 1 fully saturated rings. The molecule has 1 aliphatic rings. The number of anilines is 1.